The zero-order valence-corrected chi connectivity index (χ0v) is 11.4. The Kier molecular flexibility index (Phi) is 3.40. The molecule has 0 aliphatic rings. The smallest absolute Gasteiger partial charge is 0.0991 e. The number of anilines is 2. The van der Waals surface area contributed by atoms with E-state index in [2.05, 4.69) is 16.4 Å². The molecule has 1 heterocycles. The van der Waals surface area contributed by atoms with Crippen LogP contribution < -0.4 is 11.1 Å². The minimum atomic E-state index is 0.652. The summed E-state index contributed by atoms with van der Waals surface area (Å²) in [5.41, 5.74) is 10.1. The third-order valence-corrected chi connectivity index (χ3v) is 3.31. The number of nitrogens with zero attached hydrogens (tertiary/aromatic N) is 2. The van der Waals surface area contributed by atoms with Gasteiger partial charge in [0.05, 0.1) is 17.1 Å². The van der Waals surface area contributed by atoms with Crippen molar-refractivity contribution < 1.29 is 0 Å². The van der Waals surface area contributed by atoms with Gasteiger partial charge in [-0.1, -0.05) is 12.1 Å². The minimum Gasteiger partial charge on any atom is -0.399 e. The number of hydrogen-bond acceptors (Lipinski definition) is 4. The summed E-state index contributed by atoms with van der Waals surface area (Å²) in [7, 11) is 0. The predicted molar refractivity (Wildman–Crippen MR) is 84.6 cm³/mol. The molecule has 1 aromatic heterocycles. The highest BCUT2D eigenvalue weighted by Gasteiger charge is 2.02. The van der Waals surface area contributed by atoms with Crippen molar-refractivity contribution in [3.05, 3.63) is 65.9 Å². The summed E-state index contributed by atoms with van der Waals surface area (Å²) in [6.45, 7) is 0.652. The van der Waals surface area contributed by atoms with Crippen LogP contribution in [0, 0.1) is 11.3 Å². The molecule has 0 saturated heterocycles. The van der Waals surface area contributed by atoms with Crippen LogP contribution in [0.15, 0.2) is 54.7 Å². The topological polar surface area (TPSA) is 74.7 Å². The van der Waals surface area contributed by atoms with Crippen molar-refractivity contribution in [2.75, 3.05) is 11.1 Å². The van der Waals surface area contributed by atoms with Crippen molar-refractivity contribution in [1.29, 1.82) is 5.26 Å². The first-order valence-electron chi connectivity index (χ1n) is 6.63. The second-order valence-electron chi connectivity index (χ2n) is 4.80. The van der Waals surface area contributed by atoms with Crippen LogP contribution in [-0.4, -0.2) is 4.98 Å². The van der Waals surface area contributed by atoms with Crippen LogP contribution in [0.2, 0.25) is 0 Å². The molecule has 0 spiro atoms. The summed E-state index contributed by atoms with van der Waals surface area (Å²) < 4.78 is 0. The molecular weight excluding hydrogens is 260 g/mol. The van der Waals surface area contributed by atoms with Crippen LogP contribution in [0.25, 0.3) is 10.9 Å². The van der Waals surface area contributed by atoms with Gasteiger partial charge in [-0.2, -0.15) is 5.26 Å². The van der Waals surface area contributed by atoms with Gasteiger partial charge in [-0.05, 0) is 42.0 Å². The van der Waals surface area contributed by atoms with E-state index in [1.165, 1.54) is 0 Å². The third kappa shape index (κ3) is 2.77. The van der Waals surface area contributed by atoms with Gasteiger partial charge in [0.25, 0.3) is 0 Å². The minimum absolute atomic E-state index is 0.652. The molecule has 0 fully saturated rings. The summed E-state index contributed by atoms with van der Waals surface area (Å²) in [6, 6.07) is 17.3. The van der Waals surface area contributed by atoms with Gasteiger partial charge < -0.3 is 11.1 Å². The quantitative estimate of drug-likeness (QED) is 0.718. The number of aromatic nitrogens is 1. The van der Waals surface area contributed by atoms with Gasteiger partial charge >= 0.3 is 0 Å². The zero-order valence-electron chi connectivity index (χ0n) is 11.4. The Labute approximate surface area is 122 Å². The van der Waals surface area contributed by atoms with Gasteiger partial charge in [0.15, 0.2) is 0 Å². The first kappa shape index (κ1) is 12.9. The SMILES string of the molecule is N#Cc1cccc(CNc2ccnc3cc(N)ccc23)c1. The largest absolute Gasteiger partial charge is 0.399 e. The molecule has 0 atom stereocenters. The van der Waals surface area contributed by atoms with Crippen LogP contribution in [0.1, 0.15) is 11.1 Å². The Morgan fingerprint density at radius 3 is 2.90 bits per heavy atom. The molecule has 2 aromatic carbocycles. The summed E-state index contributed by atoms with van der Waals surface area (Å²) in [4.78, 5) is 4.32. The Morgan fingerprint density at radius 1 is 1.14 bits per heavy atom. The third-order valence-electron chi connectivity index (χ3n) is 3.31. The predicted octanol–water partition coefficient (Wildman–Crippen LogP) is 3.30. The molecule has 21 heavy (non-hydrogen) atoms. The normalized spacial score (nSPS) is 10.2. The van der Waals surface area contributed by atoms with Crippen LogP contribution in [0.4, 0.5) is 11.4 Å². The fraction of sp³-hybridized carbons (Fsp3) is 0.0588. The molecule has 102 valence electrons. The Bertz CT molecular complexity index is 834. The van der Waals surface area contributed by atoms with E-state index in [0.29, 0.717) is 17.8 Å². The lowest BCUT2D eigenvalue weighted by Gasteiger charge is -2.10. The average Bonchev–Trinajstić information content (AvgIpc) is 2.52. The van der Waals surface area contributed by atoms with Crippen molar-refractivity contribution in [2.45, 2.75) is 6.54 Å². The molecule has 0 saturated carbocycles. The summed E-state index contributed by atoms with van der Waals surface area (Å²) in [5, 5.41) is 13.3. The molecule has 0 radical (unpaired) electrons. The maximum Gasteiger partial charge on any atom is 0.0991 e. The number of benzene rings is 2. The standard InChI is InChI=1S/C17H14N4/c18-10-12-2-1-3-13(8-12)11-21-16-6-7-20-17-9-14(19)4-5-15(16)17/h1-9H,11,19H2,(H,20,21). The van der Waals surface area contributed by atoms with Crippen molar-refractivity contribution in [3.63, 3.8) is 0 Å². The van der Waals surface area contributed by atoms with E-state index in [1.807, 2.05) is 42.5 Å². The number of pyridine rings is 1. The number of nitrogen functional groups attached to an aromatic ring is 1. The number of nitrogens with two attached hydrogens (primary N) is 1. The van der Waals surface area contributed by atoms with Crippen molar-refractivity contribution in [3.8, 4) is 6.07 Å². The maximum atomic E-state index is 8.92. The van der Waals surface area contributed by atoms with Crippen LogP contribution >= 0.6 is 0 Å². The summed E-state index contributed by atoms with van der Waals surface area (Å²) in [6.07, 6.45) is 1.76. The Morgan fingerprint density at radius 2 is 2.05 bits per heavy atom. The van der Waals surface area contributed by atoms with E-state index in [1.54, 1.807) is 12.3 Å². The number of hydrogen-bond donors (Lipinski definition) is 2. The highest BCUT2D eigenvalue weighted by molar-refractivity contribution is 5.92. The summed E-state index contributed by atoms with van der Waals surface area (Å²) >= 11 is 0. The monoisotopic (exact) mass is 274 g/mol. The zero-order chi connectivity index (χ0) is 14.7. The first-order chi connectivity index (χ1) is 10.3. The maximum absolute atomic E-state index is 8.92. The Hall–Kier alpha value is -3.06. The van der Waals surface area contributed by atoms with E-state index >= 15 is 0 Å². The molecule has 0 aliphatic carbocycles. The van der Waals surface area contributed by atoms with E-state index in [4.69, 9.17) is 11.0 Å². The van der Waals surface area contributed by atoms with Gasteiger partial charge in [0.2, 0.25) is 0 Å². The van der Waals surface area contributed by atoms with Gasteiger partial charge in [0, 0.05) is 29.5 Å². The van der Waals surface area contributed by atoms with Crippen LogP contribution in [0.5, 0.6) is 0 Å². The molecular formula is C17H14N4. The molecule has 4 nitrogen and oxygen atoms in total. The lowest BCUT2D eigenvalue weighted by Crippen LogP contribution is -2.01. The van der Waals surface area contributed by atoms with Gasteiger partial charge in [-0.25, -0.2) is 0 Å². The van der Waals surface area contributed by atoms with Crippen LogP contribution in [0.3, 0.4) is 0 Å². The molecule has 3 aromatic rings. The highest BCUT2D eigenvalue weighted by Crippen LogP contribution is 2.23. The molecule has 0 amide bonds. The lowest BCUT2D eigenvalue weighted by molar-refractivity contribution is 1.15. The fourth-order valence-corrected chi connectivity index (χ4v) is 2.27. The van der Waals surface area contributed by atoms with Crippen molar-refractivity contribution in [1.82, 2.24) is 4.98 Å². The fourth-order valence-electron chi connectivity index (χ4n) is 2.27. The Balaban J connectivity index is 1.87. The van der Waals surface area contributed by atoms with E-state index in [-0.39, 0.29) is 0 Å². The molecule has 4 heteroatoms. The number of rotatable bonds is 3. The van der Waals surface area contributed by atoms with Gasteiger partial charge in [-0.3, -0.25) is 4.98 Å². The number of nitrogens with one attached hydrogen (secondary N) is 1. The second-order valence-corrected chi connectivity index (χ2v) is 4.80. The summed E-state index contributed by atoms with van der Waals surface area (Å²) in [5.74, 6) is 0. The van der Waals surface area contributed by atoms with Crippen LogP contribution in [-0.2, 0) is 6.54 Å². The molecule has 0 bridgehead atoms. The van der Waals surface area contributed by atoms with E-state index < -0.39 is 0 Å². The molecule has 3 N–H and O–H groups in total. The molecule has 0 aliphatic heterocycles. The second kappa shape index (κ2) is 5.51. The lowest BCUT2D eigenvalue weighted by atomic mass is 10.1. The van der Waals surface area contributed by atoms with Crippen molar-refractivity contribution in [2.24, 2.45) is 0 Å². The highest BCUT2D eigenvalue weighted by atomic mass is 14.9. The number of fused-ring (bicyclic) bond motifs is 1. The van der Waals surface area contributed by atoms with E-state index in [0.717, 1.165) is 22.2 Å². The average molecular weight is 274 g/mol. The van der Waals surface area contributed by atoms with E-state index in [9.17, 15) is 0 Å². The van der Waals surface area contributed by atoms with Crippen molar-refractivity contribution >= 4 is 22.3 Å². The first-order valence-corrected chi connectivity index (χ1v) is 6.63. The van der Waals surface area contributed by atoms with Gasteiger partial charge in [-0.15, -0.1) is 0 Å². The molecule has 0 unspecified atom stereocenters. The molecule has 3 rings (SSSR count). The number of nitriles is 1. The van der Waals surface area contributed by atoms with Gasteiger partial charge in [0.1, 0.15) is 0 Å².